The zero-order chi connectivity index (χ0) is 15.9. The minimum Gasteiger partial charge on any atom is -0.872 e. The Morgan fingerprint density at radius 1 is 1.41 bits per heavy atom. The summed E-state index contributed by atoms with van der Waals surface area (Å²) >= 11 is 1.54. The van der Waals surface area contributed by atoms with Gasteiger partial charge in [-0.25, -0.2) is 0 Å². The quantitative estimate of drug-likeness (QED) is 0.871. The lowest BCUT2D eigenvalue weighted by Gasteiger charge is -2.19. The highest BCUT2D eigenvalue weighted by atomic mass is 32.1. The van der Waals surface area contributed by atoms with Crippen molar-refractivity contribution >= 4 is 23.2 Å². The smallest absolute Gasteiger partial charge is 0.232 e. The summed E-state index contributed by atoms with van der Waals surface area (Å²) in [6.45, 7) is 2.31. The van der Waals surface area contributed by atoms with Crippen LogP contribution in [0.4, 0.5) is 0 Å². The minimum absolute atomic E-state index is 0.0670. The lowest BCUT2D eigenvalue weighted by atomic mass is 9.99. The van der Waals surface area contributed by atoms with Crippen LogP contribution in [-0.2, 0) is 6.54 Å². The molecule has 114 valence electrons. The number of ether oxygens (including phenoxy) is 1. The molecule has 0 fully saturated rings. The van der Waals surface area contributed by atoms with E-state index in [0.717, 1.165) is 9.78 Å². The third kappa shape index (κ3) is 2.53. The maximum absolute atomic E-state index is 12.6. The Morgan fingerprint density at radius 3 is 2.82 bits per heavy atom. The molecule has 0 bridgehead atoms. The van der Waals surface area contributed by atoms with Crippen molar-refractivity contribution in [1.82, 2.24) is 0 Å². The maximum Gasteiger partial charge on any atom is 0.232 e. The van der Waals surface area contributed by atoms with Gasteiger partial charge >= 0.3 is 0 Å². The third-order valence-electron chi connectivity index (χ3n) is 3.55. The monoisotopic (exact) mass is 315 g/mol. The number of hydrogen-bond acceptors (Lipinski definition) is 4. The van der Waals surface area contributed by atoms with Gasteiger partial charge in [0.15, 0.2) is 5.76 Å². The van der Waals surface area contributed by atoms with Crippen LogP contribution in [0.2, 0.25) is 0 Å². The van der Waals surface area contributed by atoms with E-state index in [1.807, 2.05) is 31.6 Å². The number of nitrogens with one attached hydrogen (secondary N) is 1. The molecule has 0 spiro atoms. The van der Waals surface area contributed by atoms with Crippen molar-refractivity contribution in [3.8, 4) is 11.5 Å². The van der Waals surface area contributed by atoms with Crippen LogP contribution in [0.3, 0.4) is 0 Å². The molecule has 22 heavy (non-hydrogen) atoms. The van der Waals surface area contributed by atoms with Gasteiger partial charge < -0.3 is 14.7 Å². The van der Waals surface area contributed by atoms with Crippen LogP contribution in [0.1, 0.15) is 26.4 Å². The summed E-state index contributed by atoms with van der Waals surface area (Å²) in [4.78, 5) is 14.7. The van der Waals surface area contributed by atoms with Gasteiger partial charge in [-0.2, -0.15) is 0 Å². The van der Waals surface area contributed by atoms with E-state index in [1.54, 1.807) is 13.0 Å². The number of aryl methyl sites for hydroxylation is 1. The van der Waals surface area contributed by atoms with E-state index < -0.39 is 0 Å². The molecule has 0 radical (unpaired) electrons. The second kappa shape index (κ2) is 5.59. The Balaban J connectivity index is 2.09. The number of allylic oxidation sites excluding steroid dienone is 1. The fourth-order valence-corrected chi connectivity index (χ4v) is 3.24. The normalized spacial score (nSPS) is 15.5. The molecule has 0 aliphatic carbocycles. The van der Waals surface area contributed by atoms with Crippen molar-refractivity contribution in [3.05, 3.63) is 50.9 Å². The number of thiophene rings is 1. The molecule has 1 aromatic heterocycles. The number of carbonyl (C=O) groups excluding carboxylic acids is 1. The van der Waals surface area contributed by atoms with Gasteiger partial charge in [0.05, 0.1) is 19.7 Å². The van der Waals surface area contributed by atoms with Crippen molar-refractivity contribution < 1.29 is 19.5 Å². The second-order valence-electron chi connectivity index (χ2n) is 5.71. The van der Waals surface area contributed by atoms with Crippen LogP contribution in [0, 0.1) is 6.92 Å². The third-order valence-corrected chi connectivity index (χ3v) is 4.37. The minimum atomic E-state index is -0.143. The van der Waals surface area contributed by atoms with Crippen LogP contribution in [-0.4, -0.2) is 19.9 Å². The Labute approximate surface area is 133 Å². The zero-order valence-electron chi connectivity index (χ0n) is 12.7. The molecule has 1 N–H and O–H groups in total. The summed E-state index contributed by atoms with van der Waals surface area (Å²) in [5.74, 6) is 0.527. The Morgan fingerprint density at radius 2 is 2.18 bits per heavy atom. The first-order valence-corrected chi connectivity index (χ1v) is 7.95. The van der Waals surface area contributed by atoms with E-state index in [0.29, 0.717) is 34.7 Å². The van der Waals surface area contributed by atoms with Gasteiger partial charge in [0.25, 0.3) is 0 Å². The number of fused-ring (bicyclic) bond motifs is 1. The topological polar surface area (TPSA) is 53.8 Å². The Bertz CT molecular complexity index is 761. The Hall–Kier alpha value is -2.11. The molecule has 0 amide bonds. The molecule has 4 nitrogen and oxygen atoms in total. The summed E-state index contributed by atoms with van der Waals surface area (Å²) in [6, 6.07) is 5.38. The molecular formula is C17H17NO3S. The molecule has 1 aliphatic rings. The van der Waals surface area contributed by atoms with Crippen LogP contribution >= 0.6 is 11.3 Å². The van der Waals surface area contributed by atoms with Crippen LogP contribution in [0.15, 0.2) is 29.3 Å². The largest absolute Gasteiger partial charge is 0.872 e. The molecule has 2 heterocycles. The number of rotatable bonds is 3. The highest BCUT2D eigenvalue weighted by molar-refractivity contribution is 7.10. The standard InChI is InChI=1S/C17H17NO3S/c1-10-7-13(19)12(9-18(2)3)17-15(10)16(20)14(21-17)8-11-5-4-6-22-11/h4-8,19H,9H2,1-3H3/b14-8-. The number of quaternary nitrogens is 1. The first-order chi connectivity index (χ1) is 10.5. The summed E-state index contributed by atoms with van der Waals surface area (Å²) in [7, 11) is 3.93. The lowest BCUT2D eigenvalue weighted by Crippen LogP contribution is -3.04. The van der Waals surface area contributed by atoms with E-state index >= 15 is 0 Å². The van der Waals surface area contributed by atoms with Gasteiger partial charge in [0.1, 0.15) is 12.3 Å². The van der Waals surface area contributed by atoms with E-state index in [1.165, 1.54) is 17.4 Å². The lowest BCUT2D eigenvalue weighted by molar-refractivity contribution is -0.872. The van der Waals surface area contributed by atoms with Gasteiger partial charge in [0, 0.05) is 16.5 Å². The van der Waals surface area contributed by atoms with Gasteiger partial charge in [-0.15, -0.1) is 11.3 Å². The summed E-state index contributed by atoms with van der Waals surface area (Å²) in [5, 5.41) is 14.2. The van der Waals surface area contributed by atoms with Crippen molar-refractivity contribution in [2.24, 2.45) is 0 Å². The summed E-state index contributed by atoms with van der Waals surface area (Å²) < 4.78 is 5.79. The highest BCUT2D eigenvalue weighted by Gasteiger charge is 2.32. The zero-order valence-corrected chi connectivity index (χ0v) is 13.5. The summed E-state index contributed by atoms with van der Waals surface area (Å²) in [6.07, 6.45) is 1.74. The summed E-state index contributed by atoms with van der Waals surface area (Å²) in [5.41, 5.74) is 1.78. The van der Waals surface area contributed by atoms with Gasteiger partial charge in [0.2, 0.25) is 5.78 Å². The van der Waals surface area contributed by atoms with Crippen molar-refractivity contribution in [2.45, 2.75) is 13.5 Å². The highest BCUT2D eigenvalue weighted by Crippen LogP contribution is 2.40. The van der Waals surface area contributed by atoms with Gasteiger partial charge in [-0.3, -0.25) is 4.79 Å². The van der Waals surface area contributed by atoms with Crippen molar-refractivity contribution in [2.75, 3.05) is 14.1 Å². The molecule has 0 atom stereocenters. The molecule has 1 aromatic carbocycles. The van der Waals surface area contributed by atoms with Crippen LogP contribution in [0.5, 0.6) is 11.5 Å². The Kier molecular flexibility index (Phi) is 3.76. The fraction of sp³-hybridized carbons (Fsp3) is 0.235. The van der Waals surface area contributed by atoms with Crippen molar-refractivity contribution in [1.29, 1.82) is 0 Å². The number of ketones is 1. The first-order valence-electron chi connectivity index (χ1n) is 7.07. The molecule has 0 saturated heterocycles. The molecule has 5 heteroatoms. The average molecular weight is 315 g/mol. The molecular weight excluding hydrogens is 298 g/mol. The van der Waals surface area contributed by atoms with E-state index in [-0.39, 0.29) is 11.5 Å². The number of carbonyl (C=O) groups is 1. The average Bonchev–Trinajstić information content (AvgIpc) is 3.04. The molecule has 2 aromatic rings. The molecule has 3 rings (SSSR count). The number of Topliss-reactive ketones (excluding diaryl/α,β-unsaturated/α-hetero) is 1. The molecule has 1 aliphatic heterocycles. The molecule has 0 saturated carbocycles. The number of benzene rings is 1. The van der Waals surface area contributed by atoms with E-state index in [9.17, 15) is 9.90 Å². The SMILES string of the molecule is Cc1cc([O-])c(C[NH+](C)C)c2c1C(=O)/C(=C/c1cccs1)O2. The molecule has 0 unspecified atom stereocenters. The van der Waals surface area contributed by atoms with Gasteiger partial charge in [-0.05, 0) is 23.9 Å². The first kappa shape index (κ1) is 14.8. The van der Waals surface area contributed by atoms with E-state index in [4.69, 9.17) is 4.74 Å². The predicted octanol–water partition coefficient (Wildman–Crippen LogP) is 1.39. The predicted molar refractivity (Wildman–Crippen MR) is 84.4 cm³/mol. The fourth-order valence-electron chi connectivity index (χ4n) is 2.59. The van der Waals surface area contributed by atoms with Crippen molar-refractivity contribution in [3.63, 3.8) is 0 Å². The van der Waals surface area contributed by atoms with Crippen LogP contribution < -0.4 is 14.7 Å². The second-order valence-corrected chi connectivity index (χ2v) is 6.69. The van der Waals surface area contributed by atoms with Gasteiger partial charge in [-0.1, -0.05) is 17.9 Å². The van der Waals surface area contributed by atoms with E-state index in [2.05, 4.69) is 0 Å². The number of hydrogen-bond donors (Lipinski definition) is 1. The van der Waals surface area contributed by atoms with Crippen LogP contribution in [0.25, 0.3) is 6.08 Å². The maximum atomic E-state index is 12.6.